The number of morpholine rings is 1. The summed E-state index contributed by atoms with van der Waals surface area (Å²) in [6.45, 7) is 6.48. The van der Waals surface area contributed by atoms with Gasteiger partial charge < -0.3 is 23.7 Å². The van der Waals surface area contributed by atoms with Crippen molar-refractivity contribution < 1.29 is 23.3 Å². The monoisotopic (exact) mass is 456 g/mol. The van der Waals surface area contributed by atoms with Gasteiger partial charge in [0, 0.05) is 19.2 Å². The van der Waals surface area contributed by atoms with Crippen molar-refractivity contribution in [2.75, 3.05) is 44.4 Å². The van der Waals surface area contributed by atoms with Gasteiger partial charge in [-0.05, 0) is 26.8 Å². The number of hydrogen-bond acceptors (Lipinski definition) is 9. The second-order valence-corrected chi connectivity index (χ2v) is 9.19. The number of fused-ring (bicyclic) bond motifs is 1. The number of benzene rings is 1. The van der Waals surface area contributed by atoms with Crippen LogP contribution in [0.15, 0.2) is 21.7 Å². The van der Waals surface area contributed by atoms with Crippen molar-refractivity contribution in [1.82, 2.24) is 9.55 Å². The highest BCUT2D eigenvalue weighted by Crippen LogP contribution is 2.58. The van der Waals surface area contributed by atoms with E-state index in [9.17, 15) is 24.3 Å². The van der Waals surface area contributed by atoms with Gasteiger partial charge in [0.15, 0.2) is 0 Å². The molecule has 1 N–H and O–H groups in total. The molecule has 1 atom stereocenters. The summed E-state index contributed by atoms with van der Waals surface area (Å²) in [5.41, 5.74) is -1.64. The van der Waals surface area contributed by atoms with E-state index in [4.69, 9.17) is 13.8 Å². The lowest BCUT2D eigenvalue weighted by atomic mass is 10.2. The van der Waals surface area contributed by atoms with Gasteiger partial charge in [-0.3, -0.25) is 28.8 Å². The molecule has 0 amide bonds. The lowest BCUT2D eigenvalue weighted by molar-refractivity contribution is -0.384. The Morgan fingerprint density at radius 2 is 1.84 bits per heavy atom. The van der Waals surface area contributed by atoms with Crippen molar-refractivity contribution in [3.05, 3.63) is 43.0 Å². The molecular weight excluding hydrogens is 431 g/mol. The van der Waals surface area contributed by atoms with E-state index in [0.29, 0.717) is 32.0 Å². The van der Waals surface area contributed by atoms with Gasteiger partial charge in [-0.25, -0.2) is 0 Å². The minimum Gasteiger partial charge on any atom is -0.378 e. The largest absolute Gasteiger partial charge is 0.378 e. The van der Waals surface area contributed by atoms with Crippen molar-refractivity contribution >= 4 is 30.0 Å². The topological polar surface area (TPSA) is 146 Å². The van der Waals surface area contributed by atoms with E-state index in [1.165, 1.54) is 19.1 Å². The van der Waals surface area contributed by atoms with E-state index >= 15 is 0 Å². The Morgan fingerprint density at radius 3 is 2.39 bits per heavy atom. The summed E-state index contributed by atoms with van der Waals surface area (Å²) >= 11 is 0. The molecular formula is C18H25N4O8P. The number of aromatic nitrogens is 2. The minimum atomic E-state index is -3.85. The Hall–Kier alpha value is -2.53. The second kappa shape index (κ2) is 9.31. The molecule has 1 aromatic heterocycles. The Kier molecular flexibility index (Phi) is 6.95. The number of anilines is 1. The molecule has 1 aromatic carbocycles. The third kappa shape index (κ3) is 4.42. The number of nitrogens with zero attached hydrogens (tertiary/aromatic N) is 3. The summed E-state index contributed by atoms with van der Waals surface area (Å²) in [6.07, 6.45) is 0. The van der Waals surface area contributed by atoms with Crippen LogP contribution in [0.2, 0.25) is 0 Å². The van der Waals surface area contributed by atoms with Crippen molar-refractivity contribution in [3.63, 3.8) is 0 Å². The number of aromatic amines is 1. The van der Waals surface area contributed by atoms with Gasteiger partial charge in [0.2, 0.25) is 0 Å². The van der Waals surface area contributed by atoms with Crippen molar-refractivity contribution in [2.24, 2.45) is 0 Å². The van der Waals surface area contributed by atoms with Crippen LogP contribution < -0.4 is 16.0 Å². The highest BCUT2D eigenvalue weighted by atomic mass is 31.2. The lowest BCUT2D eigenvalue weighted by Crippen LogP contribution is -2.39. The van der Waals surface area contributed by atoms with E-state index in [2.05, 4.69) is 4.98 Å². The molecule has 0 spiro atoms. The molecule has 1 unspecified atom stereocenters. The first-order valence-electron chi connectivity index (χ1n) is 9.92. The van der Waals surface area contributed by atoms with Crippen LogP contribution in [0.25, 0.3) is 11.0 Å². The number of hydrogen-bond donors (Lipinski definition) is 1. The fourth-order valence-corrected chi connectivity index (χ4v) is 5.33. The molecule has 2 aromatic rings. The zero-order chi connectivity index (χ0) is 22.8. The van der Waals surface area contributed by atoms with Gasteiger partial charge in [-0.15, -0.1) is 0 Å². The first-order chi connectivity index (χ1) is 14.7. The van der Waals surface area contributed by atoms with Crippen LogP contribution in [0, 0.1) is 10.1 Å². The average Bonchev–Trinajstić information content (AvgIpc) is 2.74. The molecule has 170 valence electrons. The van der Waals surface area contributed by atoms with Gasteiger partial charge in [0.05, 0.1) is 42.4 Å². The van der Waals surface area contributed by atoms with Crippen LogP contribution in [-0.2, 0) is 18.3 Å². The molecule has 12 nitrogen and oxygen atoms in total. The summed E-state index contributed by atoms with van der Waals surface area (Å²) in [5.74, 6) is -1.18. The molecule has 1 fully saturated rings. The fourth-order valence-electron chi connectivity index (χ4n) is 3.59. The maximum Gasteiger partial charge on any atom is 0.353 e. The van der Waals surface area contributed by atoms with Gasteiger partial charge in [0.1, 0.15) is 11.5 Å². The minimum absolute atomic E-state index is 0.0544. The number of nitro benzene ring substituents is 1. The summed E-state index contributed by atoms with van der Waals surface area (Å²) in [4.78, 5) is 40.6. The summed E-state index contributed by atoms with van der Waals surface area (Å²) < 4.78 is 30.2. The third-order valence-corrected chi connectivity index (χ3v) is 7.39. The molecule has 1 aliphatic rings. The average molecular weight is 456 g/mol. The first-order valence-corrected chi connectivity index (χ1v) is 11.5. The molecule has 1 saturated heterocycles. The smallest absolute Gasteiger partial charge is 0.353 e. The zero-order valence-electron chi connectivity index (χ0n) is 17.5. The number of H-pyrrole nitrogens is 1. The Labute approximate surface area is 177 Å². The maximum absolute atomic E-state index is 13.3. The van der Waals surface area contributed by atoms with Crippen molar-refractivity contribution in [3.8, 4) is 0 Å². The van der Waals surface area contributed by atoms with Gasteiger partial charge in [0.25, 0.3) is 5.69 Å². The van der Waals surface area contributed by atoms with E-state index in [1.807, 2.05) is 0 Å². The predicted molar refractivity (Wildman–Crippen MR) is 114 cm³/mol. The standard InChI is InChI=1S/C18H25N4O8P/c1-4-29-31(27,30-5-2)12(3)21-14-11-16(22(25)26)15(20-6-8-28-9-7-20)10-13(14)19-17(23)18(21)24/h10-12H,4-9H2,1-3H3,(H,19,23). The Balaban J connectivity index is 2.29. The fraction of sp³-hybridized carbons (Fsp3) is 0.556. The first kappa shape index (κ1) is 23.1. The highest BCUT2D eigenvalue weighted by molar-refractivity contribution is 7.53. The number of nitrogens with one attached hydrogen (secondary N) is 1. The molecule has 0 radical (unpaired) electrons. The predicted octanol–water partition coefficient (Wildman–Crippen LogP) is 2.22. The molecule has 0 saturated carbocycles. The van der Waals surface area contributed by atoms with Crippen molar-refractivity contribution in [1.29, 1.82) is 0 Å². The molecule has 3 rings (SSSR count). The highest BCUT2D eigenvalue weighted by Gasteiger charge is 2.36. The number of rotatable bonds is 8. The summed E-state index contributed by atoms with van der Waals surface area (Å²) in [7, 11) is -3.85. The normalized spacial score (nSPS) is 15.9. The molecule has 0 aliphatic carbocycles. The van der Waals surface area contributed by atoms with Crippen LogP contribution in [0.5, 0.6) is 0 Å². The van der Waals surface area contributed by atoms with Gasteiger partial charge in [-0.2, -0.15) is 0 Å². The van der Waals surface area contributed by atoms with Crippen LogP contribution in [0.4, 0.5) is 11.4 Å². The van der Waals surface area contributed by atoms with Gasteiger partial charge >= 0.3 is 18.7 Å². The lowest BCUT2D eigenvalue weighted by Gasteiger charge is -2.29. The van der Waals surface area contributed by atoms with E-state index in [-0.39, 0.29) is 29.9 Å². The second-order valence-electron chi connectivity index (χ2n) is 6.85. The number of ether oxygens (including phenoxy) is 1. The van der Waals surface area contributed by atoms with Gasteiger partial charge in [-0.1, -0.05) is 0 Å². The molecule has 31 heavy (non-hydrogen) atoms. The van der Waals surface area contributed by atoms with E-state index in [1.54, 1.807) is 18.7 Å². The molecule has 13 heteroatoms. The summed E-state index contributed by atoms with van der Waals surface area (Å²) in [5, 5.41) is 11.8. The quantitative estimate of drug-likeness (QED) is 0.273. The Bertz CT molecular complexity index is 1130. The van der Waals surface area contributed by atoms with E-state index < -0.39 is 29.4 Å². The SMILES string of the molecule is CCOP(=O)(OCC)C(C)n1c(=O)c(=O)[nH]c2cc(N3CCOCC3)c([N+](=O)[O-])cc21. The van der Waals surface area contributed by atoms with Crippen LogP contribution in [0.1, 0.15) is 26.6 Å². The maximum atomic E-state index is 13.3. The van der Waals surface area contributed by atoms with Crippen LogP contribution >= 0.6 is 7.60 Å². The zero-order valence-corrected chi connectivity index (χ0v) is 18.4. The third-order valence-electron chi connectivity index (χ3n) is 5.01. The van der Waals surface area contributed by atoms with Crippen LogP contribution in [0.3, 0.4) is 0 Å². The molecule has 1 aliphatic heterocycles. The van der Waals surface area contributed by atoms with Crippen molar-refractivity contribution in [2.45, 2.75) is 26.6 Å². The van der Waals surface area contributed by atoms with E-state index in [0.717, 1.165) is 4.57 Å². The molecule has 0 bridgehead atoms. The Morgan fingerprint density at radius 1 is 1.23 bits per heavy atom. The number of nitro groups is 1. The van der Waals surface area contributed by atoms with Crippen LogP contribution in [-0.4, -0.2) is 54.0 Å². The summed E-state index contributed by atoms with van der Waals surface area (Å²) in [6, 6.07) is 2.66. The molecule has 2 heterocycles.